The van der Waals surface area contributed by atoms with E-state index >= 15 is 0 Å². The van der Waals surface area contributed by atoms with Crippen molar-refractivity contribution >= 4 is 39.0 Å². The fraction of sp³-hybridized carbons (Fsp3) is 0.167. The third kappa shape index (κ3) is 6.01. The van der Waals surface area contributed by atoms with Crippen LogP contribution in [0.5, 0.6) is 0 Å². The summed E-state index contributed by atoms with van der Waals surface area (Å²) in [4.78, 5) is 35.5. The second-order valence-electron chi connectivity index (χ2n) is 7.75. The van der Waals surface area contributed by atoms with E-state index in [0.29, 0.717) is 5.56 Å². The van der Waals surface area contributed by atoms with Crippen molar-refractivity contribution < 1.29 is 27.7 Å². The summed E-state index contributed by atoms with van der Waals surface area (Å²) in [5.74, 6) is -1.63. The van der Waals surface area contributed by atoms with Crippen LogP contribution in [0.4, 0.5) is 17.1 Å². The van der Waals surface area contributed by atoms with E-state index < -0.39 is 33.4 Å². The molecule has 3 rings (SSSR count). The highest BCUT2D eigenvalue weighted by Crippen LogP contribution is 2.26. The highest BCUT2D eigenvalue weighted by atomic mass is 32.2. The molecule has 0 heterocycles. The van der Waals surface area contributed by atoms with Gasteiger partial charge in [0.05, 0.1) is 32.3 Å². The van der Waals surface area contributed by atoms with Gasteiger partial charge in [-0.15, -0.1) is 0 Å². The number of benzene rings is 3. The number of carbonyl (C=O) groups is 2. The summed E-state index contributed by atoms with van der Waals surface area (Å²) < 4.78 is 33.4. The molecule has 0 saturated heterocycles. The quantitative estimate of drug-likeness (QED) is 0.270. The maximum absolute atomic E-state index is 13.0. The van der Waals surface area contributed by atoms with Gasteiger partial charge < -0.3 is 10.1 Å². The predicted molar refractivity (Wildman–Crippen MR) is 130 cm³/mol. The molecule has 0 atom stereocenters. The Morgan fingerprint density at radius 3 is 2.37 bits per heavy atom. The van der Waals surface area contributed by atoms with Crippen LogP contribution in [-0.4, -0.2) is 31.8 Å². The third-order valence-corrected chi connectivity index (χ3v) is 6.64. The molecule has 10 nitrogen and oxygen atoms in total. The van der Waals surface area contributed by atoms with Gasteiger partial charge in [-0.25, -0.2) is 13.2 Å². The SMILES string of the molecule is Cc1ccc(C)c(S(=O)(=O)Nc2ccccc2C(=O)OCC(=O)Nc2cccc([N+](=O)[O-])c2C)c1. The Kier molecular flexibility index (Phi) is 7.50. The van der Waals surface area contributed by atoms with Crippen LogP contribution < -0.4 is 10.0 Å². The molecule has 0 unspecified atom stereocenters. The smallest absolute Gasteiger partial charge is 0.340 e. The number of nitrogens with one attached hydrogen (secondary N) is 2. The lowest BCUT2D eigenvalue weighted by Crippen LogP contribution is -2.22. The molecule has 0 aromatic heterocycles. The van der Waals surface area contributed by atoms with Crippen molar-refractivity contribution in [3.63, 3.8) is 0 Å². The molecule has 0 bridgehead atoms. The molecule has 0 radical (unpaired) electrons. The molecular weight excluding hydrogens is 474 g/mol. The van der Waals surface area contributed by atoms with Crippen molar-refractivity contribution in [3.8, 4) is 0 Å². The molecule has 1 amide bonds. The third-order valence-electron chi connectivity index (χ3n) is 5.13. The minimum Gasteiger partial charge on any atom is -0.452 e. The number of amides is 1. The van der Waals surface area contributed by atoms with E-state index in [0.717, 1.165) is 5.56 Å². The first-order valence-electron chi connectivity index (χ1n) is 10.4. The van der Waals surface area contributed by atoms with Gasteiger partial charge in [0.2, 0.25) is 0 Å². The molecule has 182 valence electrons. The molecule has 0 spiro atoms. The highest BCUT2D eigenvalue weighted by Gasteiger charge is 2.22. The van der Waals surface area contributed by atoms with E-state index in [2.05, 4.69) is 10.0 Å². The first-order chi connectivity index (χ1) is 16.5. The number of esters is 1. The number of nitro benzene ring substituents is 1. The van der Waals surface area contributed by atoms with Crippen LogP contribution in [0.15, 0.2) is 65.6 Å². The van der Waals surface area contributed by atoms with Gasteiger partial charge in [-0.3, -0.25) is 19.6 Å². The van der Waals surface area contributed by atoms with Crippen molar-refractivity contribution in [1.82, 2.24) is 0 Å². The highest BCUT2D eigenvalue weighted by molar-refractivity contribution is 7.92. The van der Waals surface area contributed by atoms with Crippen molar-refractivity contribution in [2.45, 2.75) is 25.7 Å². The van der Waals surface area contributed by atoms with Crippen LogP contribution in [-0.2, 0) is 19.6 Å². The Labute approximate surface area is 202 Å². The molecule has 0 fully saturated rings. The van der Waals surface area contributed by atoms with Crippen LogP contribution in [0.25, 0.3) is 0 Å². The Balaban J connectivity index is 1.73. The van der Waals surface area contributed by atoms with E-state index in [1.807, 2.05) is 0 Å². The Hall–Kier alpha value is -4.25. The Morgan fingerprint density at radius 1 is 0.971 bits per heavy atom. The molecule has 3 aromatic carbocycles. The monoisotopic (exact) mass is 497 g/mol. The summed E-state index contributed by atoms with van der Waals surface area (Å²) >= 11 is 0. The Bertz CT molecular complexity index is 1420. The lowest BCUT2D eigenvalue weighted by molar-refractivity contribution is -0.385. The first kappa shape index (κ1) is 25.4. The summed E-state index contributed by atoms with van der Waals surface area (Å²) in [7, 11) is -4.00. The van der Waals surface area contributed by atoms with E-state index in [1.165, 1.54) is 49.4 Å². The molecule has 0 saturated carbocycles. The van der Waals surface area contributed by atoms with Gasteiger partial charge in [-0.2, -0.15) is 0 Å². The van der Waals surface area contributed by atoms with Crippen LogP contribution in [0.1, 0.15) is 27.0 Å². The topological polar surface area (TPSA) is 145 Å². The van der Waals surface area contributed by atoms with Gasteiger partial charge in [0.15, 0.2) is 6.61 Å². The second kappa shape index (κ2) is 10.3. The Morgan fingerprint density at radius 2 is 1.66 bits per heavy atom. The van der Waals surface area contributed by atoms with Gasteiger partial charge in [0.1, 0.15) is 0 Å². The van der Waals surface area contributed by atoms with Crippen LogP contribution in [0.3, 0.4) is 0 Å². The number of hydrogen-bond acceptors (Lipinski definition) is 7. The number of hydrogen-bond donors (Lipinski definition) is 2. The largest absolute Gasteiger partial charge is 0.452 e. The van der Waals surface area contributed by atoms with Crippen LogP contribution >= 0.6 is 0 Å². The number of nitro groups is 1. The summed E-state index contributed by atoms with van der Waals surface area (Å²) in [5.41, 5.74) is 1.51. The molecule has 0 aliphatic heterocycles. The van der Waals surface area contributed by atoms with Gasteiger partial charge in [-0.1, -0.05) is 30.3 Å². The number of sulfonamides is 1. The zero-order valence-corrected chi connectivity index (χ0v) is 20.0. The number of rotatable bonds is 8. The molecule has 3 aromatic rings. The first-order valence-corrected chi connectivity index (χ1v) is 11.9. The fourth-order valence-electron chi connectivity index (χ4n) is 3.30. The minimum atomic E-state index is -4.00. The number of ether oxygens (including phenoxy) is 1. The van der Waals surface area contributed by atoms with Crippen molar-refractivity contribution in [2.24, 2.45) is 0 Å². The van der Waals surface area contributed by atoms with Crippen molar-refractivity contribution in [2.75, 3.05) is 16.6 Å². The van der Waals surface area contributed by atoms with Crippen molar-refractivity contribution in [1.29, 1.82) is 0 Å². The maximum atomic E-state index is 13.0. The molecule has 11 heteroatoms. The molecule has 0 aliphatic carbocycles. The summed E-state index contributed by atoms with van der Waals surface area (Å²) in [6.07, 6.45) is 0. The predicted octanol–water partition coefficient (Wildman–Crippen LogP) is 4.12. The second-order valence-corrected chi connectivity index (χ2v) is 9.40. The van der Waals surface area contributed by atoms with E-state index in [1.54, 1.807) is 32.0 Å². The fourth-order valence-corrected chi connectivity index (χ4v) is 4.71. The van der Waals surface area contributed by atoms with Gasteiger partial charge in [0, 0.05) is 6.07 Å². The minimum absolute atomic E-state index is 0.00616. The van der Waals surface area contributed by atoms with Crippen LogP contribution in [0, 0.1) is 30.9 Å². The maximum Gasteiger partial charge on any atom is 0.340 e. The number of anilines is 2. The number of nitrogens with zero attached hydrogens (tertiary/aromatic N) is 1. The normalized spacial score (nSPS) is 10.9. The van der Waals surface area contributed by atoms with Gasteiger partial charge >= 0.3 is 5.97 Å². The van der Waals surface area contributed by atoms with Gasteiger partial charge in [-0.05, 0) is 56.2 Å². The zero-order chi connectivity index (χ0) is 25.8. The molecule has 0 aliphatic rings. The van der Waals surface area contributed by atoms with Gasteiger partial charge in [0.25, 0.3) is 21.6 Å². The lowest BCUT2D eigenvalue weighted by atomic mass is 10.1. The number of para-hydroxylation sites is 1. The van der Waals surface area contributed by atoms with Crippen LogP contribution in [0.2, 0.25) is 0 Å². The molecule has 35 heavy (non-hydrogen) atoms. The number of aryl methyl sites for hydroxylation is 2. The molecular formula is C24H23N3O7S. The van der Waals surface area contributed by atoms with Crippen molar-refractivity contribution in [3.05, 3.63) is 93.0 Å². The zero-order valence-electron chi connectivity index (χ0n) is 19.2. The van der Waals surface area contributed by atoms with E-state index in [4.69, 9.17) is 4.74 Å². The van der Waals surface area contributed by atoms with E-state index in [9.17, 15) is 28.1 Å². The summed E-state index contributed by atoms with van der Waals surface area (Å²) in [5, 5.41) is 13.5. The standard InChI is InChI=1S/C24H23N3O7S/c1-15-11-12-16(2)22(13-15)35(32,33)26-20-8-5-4-7-18(20)24(29)34-14-23(28)25-19-9-6-10-21(17(19)3)27(30)31/h4-13,26H,14H2,1-3H3,(H,25,28). The summed E-state index contributed by atoms with van der Waals surface area (Å²) in [6.45, 7) is 4.23. The molecule has 2 N–H and O–H groups in total. The summed E-state index contributed by atoms with van der Waals surface area (Å²) in [6, 6.07) is 15.1. The average molecular weight is 498 g/mol. The van der Waals surface area contributed by atoms with E-state index in [-0.39, 0.29) is 33.1 Å². The average Bonchev–Trinajstić information content (AvgIpc) is 2.80. The lowest BCUT2D eigenvalue weighted by Gasteiger charge is -2.14. The number of carbonyl (C=O) groups excluding carboxylic acids is 2.